The number of carboxylic acids is 1. The van der Waals surface area contributed by atoms with Crippen molar-refractivity contribution >= 4 is 17.7 Å². The molecule has 0 spiro atoms. The van der Waals surface area contributed by atoms with Gasteiger partial charge in [-0.1, -0.05) is 6.07 Å². The van der Waals surface area contributed by atoms with Crippen molar-refractivity contribution in [2.24, 2.45) is 0 Å². The van der Waals surface area contributed by atoms with Gasteiger partial charge in [0.1, 0.15) is 17.6 Å². The number of carbonyl (C=O) groups excluding carboxylic acids is 1. The summed E-state index contributed by atoms with van der Waals surface area (Å²) in [7, 11) is 0. The molecule has 2 aromatic heterocycles. The Morgan fingerprint density at radius 1 is 1.20 bits per heavy atom. The van der Waals surface area contributed by atoms with Gasteiger partial charge < -0.3 is 25.4 Å². The molecule has 4 rings (SSSR count). The third-order valence-electron chi connectivity index (χ3n) is 7.26. The van der Waals surface area contributed by atoms with Crippen molar-refractivity contribution in [1.29, 1.82) is 0 Å². The van der Waals surface area contributed by atoms with Crippen molar-refractivity contribution in [2.45, 2.75) is 69.7 Å². The number of aromatic nitrogens is 2. The molecule has 3 N–H and O–H groups in total. The fourth-order valence-electron chi connectivity index (χ4n) is 5.13. The van der Waals surface area contributed by atoms with E-state index >= 15 is 0 Å². The average molecular weight is 564 g/mol. The first kappa shape index (κ1) is 29.7. The molecule has 40 heavy (non-hydrogen) atoms. The number of anilines is 1. The van der Waals surface area contributed by atoms with Gasteiger partial charge in [0.15, 0.2) is 0 Å². The summed E-state index contributed by atoms with van der Waals surface area (Å²) in [5.41, 5.74) is 0.222. The highest BCUT2D eigenvalue weighted by Gasteiger charge is 2.36. The van der Waals surface area contributed by atoms with Gasteiger partial charge in [-0.25, -0.2) is 9.78 Å². The smallest absolute Gasteiger partial charge is 0.418 e. The van der Waals surface area contributed by atoms with E-state index in [0.717, 1.165) is 81.3 Å². The quantitative estimate of drug-likeness (QED) is 0.314. The van der Waals surface area contributed by atoms with Crippen LogP contribution in [-0.2, 0) is 28.5 Å². The van der Waals surface area contributed by atoms with Crippen LogP contribution in [0.4, 0.5) is 19.0 Å². The lowest BCUT2D eigenvalue weighted by molar-refractivity contribution is -0.139. The molecule has 1 amide bonds. The standard InChI is InChI=1S/C28H36F3N5O4/c29-28(30,31)22-9-4-13-32-24(22)26(37)35-23(27(38)39)12-16-36(18-21-8-5-17-40-21)15-2-1-7-20-11-10-19-6-3-14-33-25(19)34-20/h4,9-11,13,21,23H,1-3,5-8,12,14-18H2,(H,33,34)(H,35,37)(H,38,39)/t21-,23-/m0/s1. The molecule has 2 aromatic rings. The Kier molecular flexibility index (Phi) is 10.3. The topological polar surface area (TPSA) is 117 Å². The molecule has 218 valence electrons. The van der Waals surface area contributed by atoms with Crippen LogP contribution in [0.5, 0.6) is 0 Å². The van der Waals surface area contributed by atoms with E-state index in [1.807, 2.05) is 0 Å². The first-order valence-corrected chi connectivity index (χ1v) is 13.8. The van der Waals surface area contributed by atoms with E-state index in [1.165, 1.54) is 5.56 Å². The number of pyridine rings is 2. The Bertz CT molecular complexity index is 1160. The van der Waals surface area contributed by atoms with Crippen LogP contribution in [0.3, 0.4) is 0 Å². The van der Waals surface area contributed by atoms with E-state index in [-0.39, 0.29) is 12.5 Å². The normalized spacial score (nSPS) is 17.8. The number of unbranched alkanes of at least 4 members (excludes halogenated alkanes) is 1. The van der Waals surface area contributed by atoms with Gasteiger partial charge in [-0.2, -0.15) is 13.2 Å². The van der Waals surface area contributed by atoms with E-state index in [2.05, 4.69) is 32.7 Å². The molecule has 2 aliphatic rings. The van der Waals surface area contributed by atoms with Gasteiger partial charge in [-0.15, -0.1) is 0 Å². The largest absolute Gasteiger partial charge is 0.480 e. The number of rotatable bonds is 13. The molecule has 0 radical (unpaired) electrons. The van der Waals surface area contributed by atoms with Crippen molar-refractivity contribution in [3.8, 4) is 0 Å². The van der Waals surface area contributed by atoms with Crippen LogP contribution in [0, 0.1) is 0 Å². The number of carbonyl (C=O) groups is 2. The van der Waals surface area contributed by atoms with Crippen LogP contribution in [-0.4, -0.2) is 76.8 Å². The van der Waals surface area contributed by atoms with Crippen molar-refractivity contribution in [3.63, 3.8) is 0 Å². The molecule has 0 saturated carbocycles. The number of hydrogen-bond acceptors (Lipinski definition) is 7. The summed E-state index contributed by atoms with van der Waals surface area (Å²) in [5, 5.41) is 15.3. The lowest BCUT2D eigenvalue weighted by Gasteiger charge is -2.27. The maximum Gasteiger partial charge on any atom is 0.418 e. The summed E-state index contributed by atoms with van der Waals surface area (Å²) in [6.45, 7) is 3.29. The van der Waals surface area contributed by atoms with E-state index in [4.69, 9.17) is 9.72 Å². The summed E-state index contributed by atoms with van der Waals surface area (Å²) < 4.78 is 45.7. The molecule has 2 atom stereocenters. The van der Waals surface area contributed by atoms with Crippen LogP contribution in [0.2, 0.25) is 0 Å². The van der Waals surface area contributed by atoms with Gasteiger partial charge >= 0.3 is 12.1 Å². The van der Waals surface area contributed by atoms with E-state index in [1.54, 1.807) is 0 Å². The number of nitrogens with zero attached hydrogens (tertiary/aromatic N) is 3. The number of fused-ring (bicyclic) bond motifs is 1. The second-order valence-corrected chi connectivity index (χ2v) is 10.3. The van der Waals surface area contributed by atoms with Crippen LogP contribution in [0.25, 0.3) is 0 Å². The number of halogens is 3. The van der Waals surface area contributed by atoms with Crippen molar-refractivity contribution in [1.82, 2.24) is 20.2 Å². The lowest BCUT2D eigenvalue weighted by Crippen LogP contribution is -2.44. The van der Waals surface area contributed by atoms with Crippen LogP contribution >= 0.6 is 0 Å². The Morgan fingerprint density at radius 2 is 2.05 bits per heavy atom. The summed E-state index contributed by atoms with van der Waals surface area (Å²) in [4.78, 5) is 34.9. The lowest BCUT2D eigenvalue weighted by atomic mass is 10.1. The first-order chi connectivity index (χ1) is 19.2. The fourth-order valence-corrected chi connectivity index (χ4v) is 5.13. The van der Waals surface area contributed by atoms with Gasteiger partial charge in [0.25, 0.3) is 5.91 Å². The van der Waals surface area contributed by atoms with E-state index in [9.17, 15) is 27.9 Å². The molecular formula is C28H36F3N5O4. The minimum atomic E-state index is -4.79. The van der Waals surface area contributed by atoms with Crippen LogP contribution < -0.4 is 10.6 Å². The number of ether oxygens (including phenoxy) is 1. The first-order valence-electron chi connectivity index (χ1n) is 13.8. The van der Waals surface area contributed by atoms with Crippen molar-refractivity contribution in [3.05, 3.63) is 53.0 Å². The van der Waals surface area contributed by atoms with Gasteiger partial charge in [0.05, 0.1) is 11.7 Å². The Labute approximate surface area is 231 Å². The predicted octanol–water partition coefficient (Wildman–Crippen LogP) is 3.93. The number of aryl methyl sites for hydroxylation is 2. The molecule has 0 aliphatic carbocycles. The Morgan fingerprint density at radius 3 is 2.80 bits per heavy atom. The third-order valence-corrected chi connectivity index (χ3v) is 7.26. The second-order valence-electron chi connectivity index (χ2n) is 10.3. The number of hydrogen-bond donors (Lipinski definition) is 3. The van der Waals surface area contributed by atoms with Gasteiger partial charge in [0, 0.05) is 38.1 Å². The Balaban J connectivity index is 1.32. The fraction of sp³-hybridized carbons (Fsp3) is 0.571. The summed E-state index contributed by atoms with van der Waals surface area (Å²) in [6.07, 6.45) is 2.96. The van der Waals surface area contributed by atoms with Gasteiger partial charge in [-0.05, 0) is 81.7 Å². The summed E-state index contributed by atoms with van der Waals surface area (Å²) in [5.74, 6) is -1.52. The zero-order valence-electron chi connectivity index (χ0n) is 22.4. The number of alkyl halides is 3. The zero-order chi connectivity index (χ0) is 28.5. The summed E-state index contributed by atoms with van der Waals surface area (Å²) in [6, 6.07) is 4.67. The second kappa shape index (κ2) is 13.9. The number of nitrogens with one attached hydrogen (secondary N) is 2. The molecule has 0 aromatic carbocycles. The molecule has 12 heteroatoms. The molecule has 4 heterocycles. The number of amides is 1. The molecular weight excluding hydrogens is 527 g/mol. The number of carboxylic acid groups (broad SMARTS) is 1. The van der Waals surface area contributed by atoms with Crippen molar-refractivity contribution < 1.29 is 32.6 Å². The van der Waals surface area contributed by atoms with E-state index < -0.39 is 35.4 Å². The Hall–Kier alpha value is -3.25. The van der Waals surface area contributed by atoms with Crippen molar-refractivity contribution in [2.75, 3.05) is 38.1 Å². The number of aliphatic carboxylic acids is 1. The minimum Gasteiger partial charge on any atom is -0.480 e. The van der Waals surface area contributed by atoms with Gasteiger partial charge in [0.2, 0.25) is 0 Å². The molecule has 2 aliphatic heterocycles. The molecule has 1 fully saturated rings. The maximum atomic E-state index is 13.3. The molecule has 1 saturated heterocycles. The van der Waals surface area contributed by atoms with Crippen LogP contribution in [0.1, 0.15) is 65.8 Å². The third kappa shape index (κ3) is 8.37. The van der Waals surface area contributed by atoms with E-state index in [0.29, 0.717) is 26.2 Å². The molecule has 0 bridgehead atoms. The monoisotopic (exact) mass is 563 g/mol. The zero-order valence-corrected chi connectivity index (χ0v) is 22.4. The molecule has 9 nitrogen and oxygen atoms in total. The maximum absolute atomic E-state index is 13.3. The highest BCUT2D eigenvalue weighted by atomic mass is 19.4. The highest BCUT2D eigenvalue weighted by molar-refractivity contribution is 5.96. The minimum absolute atomic E-state index is 0.0278. The predicted molar refractivity (Wildman–Crippen MR) is 142 cm³/mol. The highest BCUT2D eigenvalue weighted by Crippen LogP contribution is 2.31. The van der Waals surface area contributed by atoms with Gasteiger partial charge in [-0.3, -0.25) is 9.78 Å². The SMILES string of the molecule is O=C(N[C@@H](CCN(CCCCc1ccc2c(n1)NCCC2)C[C@@H]1CCCO1)C(=O)O)c1ncccc1C(F)(F)F. The summed E-state index contributed by atoms with van der Waals surface area (Å²) >= 11 is 0. The average Bonchev–Trinajstić information content (AvgIpc) is 3.45. The van der Waals surface area contributed by atoms with Crippen LogP contribution in [0.15, 0.2) is 30.5 Å². The molecule has 0 unspecified atom stereocenters.